The minimum absolute atomic E-state index is 0.728. The summed E-state index contributed by atoms with van der Waals surface area (Å²) in [5.41, 5.74) is 5.34. The van der Waals surface area contributed by atoms with Gasteiger partial charge < -0.3 is 11.1 Å². The highest BCUT2D eigenvalue weighted by Crippen LogP contribution is 2.25. The molecule has 1 heterocycles. The Labute approximate surface area is 75.4 Å². The summed E-state index contributed by atoms with van der Waals surface area (Å²) < 4.78 is 0.820. The highest BCUT2D eigenvalue weighted by Gasteiger charge is 1.94. The number of halogens is 1. The van der Waals surface area contributed by atoms with Gasteiger partial charge in [-0.15, -0.1) is 11.3 Å². The molecule has 1 aromatic rings. The Hall–Kier alpha value is -0.250. The summed E-state index contributed by atoms with van der Waals surface area (Å²) in [6.07, 6.45) is 0.996. The maximum atomic E-state index is 5.73. The second-order valence-corrected chi connectivity index (χ2v) is 3.89. The first-order valence-corrected chi connectivity index (χ1v) is 4.71. The molecule has 0 aliphatic heterocycles. The zero-order chi connectivity index (χ0) is 8.10. The Kier molecular flexibility index (Phi) is 3.69. The third-order valence-corrected chi connectivity index (χ3v) is 2.44. The molecule has 0 atom stereocenters. The molecule has 0 bridgehead atoms. The van der Waals surface area contributed by atoms with E-state index in [-0.39, 0.29) is 0 Å². The largest absolute Gasteiger partial charge is 0.377 e. The number of thiophene rings is 1. The van der Waals surface area contributed by atoms with Crippen LogP contribution in [0.4, 0.5) is 5.00 Å². The molecule has 4 heteroatoms. The summed E-state index contributed by atoms with van der Waals surface area (Å²) in [6.45, 7) is 1.65. The van der Waals surface area contributed by atoms with Gasteiger partial charge in [0.2, 0.25) is 0 Å². The van der Waals surface area contributed by atoms with Crippen LogP contribution in [0.1, 0.15) is 6.42 Å². The van der Waals surface area contributed by atoms with Crippen molar-refractivity contribution < 1.29 is 0 Å². The van der Waals surface area contributed by atoms with Gasteiger partial charge in [-0.25, -0.2) is 0 Å². The van der Waals surface area contributed by atoms with E-state index in [0.717, 1.165) is 28.8 Å². The van der Waals surface area contributed by atoms with Crippen LogP contribution in [-0.4, -0.2) is 13.1 Å². The van der Waals surface area contributed by atoms with Crippen molar-refractivity contribution in [3.63, 3.8) is 0 Å². The van der Waals surface area contributed by atoms with Crippen LogP contribution in [0.25, 0.3) is 0 Å². The molecular formula is C7H11ClN2S. The Morgan fingerprint density at radius 1 is 1.55 bits per heavy atom. The van der Waals surface area contributed by atoms with E-state index in [1.165, 1.54) is 0 Å². The molecule has 0 saturated carbocycles. The highest BCUT2D eigenvalue weighted by molar-refractivity contribution is 7.19. The Bertz CT molecular complexity index is 212. The first kappa shape index (κ1) is 8.84. The zero-order valence-electron chi connectivity index (χ0n) is 6.14. The van der Waals surface area contributed by atoms with Gasteiger partial charge >= 0.3 is 0 Å². The summed E-state index contributed by atoms with van der Waals surface area (Å²) in [5, 5.41) is 4.33. The number of hydrogen-bond acceptors (Lipinski definition) is 3. The van der Waals surface area contributed by atoms with Gasteiger partial charge in [0, 0.05) is 6.54 Å². The second-order valence-electron chi connectivity index (χ2n) is 2.17. The van der Waals surface area contributed by atoms with Crippen molar-refractivity contribution in [3.8, 4) is 0 Å². The van der Waals surface area contributed by atoms with E-state index in [1.807, 2.05) is 12.1 Å². The van der Waals surface area contributed by atoms with Crippen LogP contribution >= 0.6 is 22.9 Å². The molecule has 1 aromatic heterocycles. The average Bonchev–Trinajstić information content (AvgIpc) is 2.37. The van der Waals surface area contributed by atoms with E-state index in [1.54, 1.807) is 11.3 Å². The Morgan fingerprint density at radius 2 is 2.36 bits per heavy atom. The molecule has 0 amide bonds. The van der Waals surface area contributed by atoms with Gasteiger partial charge in [0.15, 0.2) is 0 Å². The molecule has 62 valence electrons. The molecule has 3 N–H and O–H groups in total. The predicted molar refractivity (Wildman–Crippen MR) is 51.5 cm³/mol. The lowest BCUT2D eigenvalue weighted by Crippen LogP contribution is -2.07. The van der Waals surface area contributed by atoms with Gasteiger partial charge in [0.1, 0.15) is 0 Å². The van der Waals surface area contributed by atoms with Crippen molar-refractivity contribution in [2.75, 3.05) is 18.4 Å². The SMILES string of the molecule is NCCCNc1ccc(Cl)s1. The average molecular weight is 191 g/mol. The van der Waals surface area contributed by atoms with E-state index >= 15 is 0 Å². The standard InChI is InChI=1S/C7H11ClN2S/c8-6-2-3-7(11-6)10-5-1-4-9/h2-3,10H,1,4-5,9H2. The van der Waals surface area contributed by atoms with Gasteiger partial charge in [-0.1, -0.05) is 11.6 Å². The van der Waals surface area contributed by atoms with Crippen LogP contribution in [0.5, 0.6) is 0 Å². The van der Waals surface area contributed by atoms with E-state index in [4.69, 9.17) is 17.3 Å². The normalized spacial score (nSPS) is 10.0. The van der Waals surface area contributed by atoms with Crippen molar-refractivity contribution in [2.45, 2.75) is 6.42 Å². The van der Waals surface area contributed by atoms with Gasteiger partial charge in [-0.2, -0.15) is 0 Å². The third-order valence-electron chi connectivity index (χ3n) is 1.25. The topological polar surface area (TPSA) is 38.0 Å². The summed E-state index contributed by atoms with van der Waals surface area (Å²) in [4.78, 5) is 0. The molecule has 0 aliphatic carbocycles. The van der Waals surface area contributed by atoms with Crippen molar-refractivity contribution >= 4 is 27.9 Å². The van der Waals surface area contributed by atoms with Crippen LogP contribution in [0.2, 0.25) is 4.34 Å². The quantitative estimate of drug-likeness (QED) is 0.715. The van der Waals surface area contributed by atoms with E-state index < -0.39 is 0 Å². The first-order valence-electron chi connectivity index (χ1n) is 3.52. The van der Waals surface area contributed by atoms with Crippen LogP contribution in [0, 0.1) is 0 Å². The van der Waals surface area contributed by atoms with Crippen molar-refractivity contribution in [1.29, 1.82) is 0 Å². The molecule has 0 radical (unpaired) electrons. The van der Waals surface area contributed by atoms with Crippen LogP contribution < -0.4 is 11.1 Å². The van der Waals surface area contributed by atoms with E-state index in [9.17, 15) is 0 Å². The molecule has 0 unspecified atom stereocenters. The summed E-state index contributed by atoms with van der Waals surface area (Å²) in [6, 6.07) is 3.86. The third kappa shape index (κ3) is 3.10. The fourth-order valence-electron chi connectivity index (χ4n) is 0.723. The Morgan fingerprint density at radius 3 is 2.91 bits per heavy atom. The van der Waals surface area contributed by atoms with Crippen LogP contribution in [0.15, 0.2) is 12.1 Å². The number of rotatable bonds is 4. The fraction of sp³-hybridized carbons (Fsp3) is 0.429. The number of nitrogens with two attached hydrogens (primary N) is 1. The van der Waals surface area contributed by atoms with Crippen molar-refractivity contribution in [3.05, 3.63) is 16.5 Å². The first-order chi connectivity index (χ1) is 5.33. The molecule has 0 aliphatic rings. The van der Waals surface area contributed by atoms with E-state index in [2.05, 4.69) is 5.32 Å². The number of hydrogen-bond donors (Lipinski definition) is 2. The minimum Gasteiger partial charge on any atom is -0.377 e. The maximum Gasteiger partial charge on any atom is 0.0950 e. The molecule has 0 saturated heterocycles. The smallest absolute Gasteiger partial charge is 0.0950 e. The van der Waals surface area contributed by atoms with Gasteiger partial charge in [-0.05, 0) is 25.1 Å². The predicted octanol–water partition coefficient (Wildman–Crippen LogP) is 2.16. The van der Waals surface area contributed by atoms with E-state index in [0.29, 0.717) is 0 Å². The molecule has 2 nitrogen and oxygen atoms in total. The second kappa shape index (κ2) is 4.59. The van der Waals surface area contributed by atoms with Crippen LogP contribution in [0.3, 0.4) is 0 Å². The maximum absolute atomic E-state index is 5.73. The summed E-state index contributed by atoms with van der Waals surface area (Å²) >= 11 is 7.28. The lowest BCUT2D eigenvalue weighted by atomic mass is 10.4. The molecule has 0 spiro atoms. The summed E-state index contributed by atoms with van der Waals surface area (Å²) in [5.74, 6) is 0. The Balaban J connectivity index is 2.27. The monoisotopic (exact) mass is 190 g/mol. The molecule has 0 aromatic carbocycles. The molecule has 0 fully saturated rings. The lowest BCUT2D eigenvalue weighted by molar-refractivity contribution is 0.876. The molecule has 1 rings (SSSR count). The molecular weight excluding hydrogens is 180 g/mol. The minimum atomic E-state index is 0.728. The number of anilines is 1. The number of nitrogens with one attached hydrogen (secondary N) is 1. The van der Waals surface area contributed by atoms with Crippen molar-refractivity contribution in [1.82, 2.24) is 0 Å². The van der Waals surface area contributed by atoms with Crippen LogP contribution in [-0.2, 0) is 0 Å². The molecule has 11 heavy (non-hydrogen) atoms. The van der Waals surface area contributed by atoms with Gasteiger partial charge in [0.25, 0.3) is 0 Å². The van der Waals surface area contributed by atoms with Gasteiger partial charge in [-0.3, -0.25) is 0 Å². The lowest BCUT2D eigenvalue weighted by Gasteiger charge is -1.99. The summed E-state index contributed by atoms with van der Waals surface area (Å²) in [7, 11) is 0. The zero-order valence-corrected chi connectivity index (χ0v) is 7.71. The van der Waals surface area contributed by atoms with Crippen molar-refractivity contribution in [2.24, 2.45) is 5.73 Å². The highest BCUT2D eigenvalue weighted by atomic mass is 35.5. The van der Waals surface area contributed by atoms with Gasteiger partial charge in [0.05, 0.1) is 9.34 Å². The fourth-order valence-corrected chi connectivity index (χ4v) is 1.69.